The van der Waals surface area contributed by atoms with Crippen molar-refractivity contribution in [1.29, 1.82) is 0 Å². The topological polar surface area (TPSA) is 58.9 Å². The maximum atomic E-state index is 10.5. The molecular weight excluding hydrogens is 376 g/mol. The molecule has 0 bridgehead atoms. The summed E-state index contributed by atoms with van der Waals surface area (Å²) >= 11 is 6.46. The van der Waals surface area contributed by atoms with Crippen molar-refractivity contribution in [3.05, 3.63) is 64.2 Å². The summed E-state index contributed by atoms with van der Waals surface area (Å²) in [5.41, 5.74) is 2.59. The van der Waals surface area contributed by atoms with E-state index in [1.54, 1.807) is 0 Å². The first-order valence-corrected chi connectivity index (χ1v) is 10.4. The summed E-state index contributed by atoms with van der Waals surface area (Å²) in [5, 5.41) is 21.1. The fraction of sp³-hybridized carbons (Fsp3) is 0.478. The average molecular weight is 403 g/mol. The van der Waals surface area contributed by atoms with Crippen LogP contribution in [0.1, 0.15) is 49.0 Å². The van der Waals surface area contributed by atoms with E-state index >= 15 is 0 Å². The maximum absolute atomic E-state index is 10.5. The van der Waals surface area contributed by atoms with Gasteiger partial charge in [0.15, 0.2) is 0 Å². The Morgan fingerprint density at radius 1 is 1.21 bits per heavy atom. The summed E-state index contributed by atoms with van der Waals surface area (Å²) in [7, 11) is 0. The van der Waals surface area contributed by atoms with E-state index in [-0.39, 0.29) is 18.6 Å². The molecule has 0 amide bonds. The van der Waals surface area contributed by atoms with Gasteiger partial charge in [0.05, 0.1) is 31.0 Å². The zero-order valence-electron chi connectivity index (χ0n) is 16.1. The van der Waals surface area contributed by atoms with Crippen molar-refractivity contribution < 1.29 is 19.7 Å². The minimum Gasteiger partial charge on any atom is -0.494 e. The summed E-state index contributed by atoms with van der Waals surface area (Å²) in [6, 6.07) is 14.0. The predicted molar refractivity (Wildman–Crippen MR) is 109 cm³/mol. The molecule has 1 aliphatic heterocycles. The Bertz CT molecular complexity index is 818. The van der Waals surface area contributed by atoms with E-state index < -0.39 is 11.7 Å². The van der Waals surface area contributed by atoms with Gasteiger partial charge in [0, 0.05) is 17.4 Å². The van der Waals surface area contributed by atoms with Gasteiger partial charge < -0.3 is 19.7 Å². The third-order valence-electron chi connectivity index (χ3n) is 6.19. The van der Waals surface area contributed by atoms with Gasteiger partial charge in [-0.2, -0.15) is 0 Å². The minimum atomic E-state index is -0.586. The van der Waals surface area contributed by atoms with Crippen LogP contribution < -0.4 is 4.74 Å². The largest absolute Gasteiger partial charge is 0.494 e. The Morgan fingerprint density at radius 3 is 2.64 bits per heavy atom. The molecule has 2 fully saturated rings. The van der Waals surface area contributed by atoms with Crippen LogP contribution in [0.2, 0.25) is 5.02 Å². The number of halogens is 1. The molecule has 4 nitrogen and oxygen atoms in total. The average Bonchev–Trinajstić information content (AvgIpc) is 2.67. The molecule has 1 heterocycles. The molecule has 2 aromatic carbocycles. The van der Waals surface area contributed by atoms with E-state index in [9.17, 15) is 10.2 Å². The molecule has 4 atom stereocenters. The van der Waals surface area contributed by atoms with Crippen molar-refractivity contribution in [3.8, 4) is 5.75 Å². The maximum Gasteiger partial charge on any atom is 0.119 e. The van der Waals surface area contributed by atoms with Crippen LogP contribution in [0.5, 0.6) is 5.75 Å². The molecule has 0 aromatic heterocycles. The molecule has 2 aliphatic rings. The molecule has 0 radical (unpaired) electrons. The number of fused-ring (bicyclic) bond motifs is 1. The van der Waals surface area contributed by atoms with Crippen molar-refractivity contribution in [2.75, 3.05) is 13.2 Å². The van der Waals surface area contributed by atoms with Gasteiger partial charge in [0.1, 0.15) is 5.75 Å². The van der Waals surface area contributed by atoms with Gasteiger partial charge in [-0.3, -0.25) is 0 Å². The molecule has 3 unspecified atom stereocenters. The van der Waals surface area contributed by atoms with Crippen LogP contribution in [0.15, 0.2) is 42.5 Å². The monoisotopic (exact) mass is 402 g/mol. The summed E-state index contributed by atoms with van der Waals surface area (Å²) in [4.78, 5) is 0. The Hall–Kier alpha value is -1.59. The summed E-state index contributed by atoms with van der Waals surface area (Å²) in [5.74, 6) is 0.907. The number of aliphatic hydroxyl groups is 2. The molecule has 2 aromatic rings. The van der Waals surface area contributed by atoms with Gasteiger partial charge >= 0.3 is 0 Å². The number of ether oxygens (including phenoxy) is 2. The Labute approximate surface area is 171 Å². The first kappa shape index (κ1) is 19.7. The van der Waals surface area contributed by atoms with Gasteiger partial charge in [-0.05, 0) is 61.1 Å². The summed E-state index contributed by atoms with van der Waals surface area (Å²) < 4.78 is 11.8. The molecule has 28 heavy (non-hydrogen) atoms. The lowest BCUT2D eigenvalue weighted by atomic mass is 9.64. The van der Waals surface area contributed by atoms with Gasteiger partial charge in [-0.15, -0.1) is 0 Å². The molecule has 2 N–H and O–H groups in total. The van der Waals surface area contributed by atoms with E-state index in [0.29, 0.717) is 24.5 Å². The lowest BCUT2D eigenvalue weighted by Crippen LogP contribution is -2.60. The Morgan fingerprint density at radius 2 is 2.00 bits per heavy atom. The van der Waals surface area contributed by atoms with Gasteiger partial charge in [0.2, 0.25) is 0 Å². The first-order chi connectivity index (χ1) is 13.5. The van der Waals surface area contributed by atoms with Gasteiger partial charge in [-0.25, -0.2) is 0 Å². The van der Waals surface area contributed by atoms with Gasteiger partial charge in [0.25, 0.3) is 0 Å². The smallest absolute Gasteiger partial charge is 0.119 e. The second-order valence-electron chi connectivity index (χ2n) is 7.88. The van der Waals surface area contributed by atoms with Gasteiger partial charge in [-0.1, -0.05) is 35.9 Å². The van der Waals surface area contributed by atoms with E-state index in [1.165, 1.54) is 0 Å². The number of aliphatic hydroxyl groups excluding tert-OH is 2. The summed E-state index contributed by atoms with van der Waals surface area (Å²) in [6.07, 6.45) is 2.31. The second kappa shape index (κ2) is 8.03. The van der Waals surface area contributed by atoms with Crippen molar-refractivity contribution in [1.82, 2.24) is 0 Å². The lowest BCUT2D eigenvalue weighted by Gasteiger charge is -2.55. The van der Waals surface area contributed by atoms with Crippen molar-refractivity contribution >= 4 is 11.6 Å². The molecular formula is C23H27ClO4. The normalized spacial score (nSPS) is 29.1. The van der Waals surface area contributed by atoms with Crippen molar-refractivity contribution in [3.63, 3.8) is 0 Å². The molecule has 1 saturated carbocycles. The van der Waals surface area contributed by atoms with Crippen LogP contribution in [-0.2, 0) is 11.2 Å². The highest BCUT2D eigenvalue weighted by Gasteiger charge is 2.55. The fourth-order valence-electron chi connectivity index (χ4n) is 4.50. The standard InChI is InChI=1S/C23H27ClO4/c1-2-27-18-6-3-15(4-7-18)11-17-12-16(5-8-20(17)24)22-13-21(26)19-9-10-23(19,14-25)28-22/h3-8,12,19,21-22,25-26H,2,9-11,13-14H2,1H3/t19?,21?,22?,23-/m0/s1. The predicted octanol–water partition coefficient (Wildman–Crippen LogP) is 4.29. The van der Waals surface area contributed by atoms with E-state index in [1.807, 2.05) is 31.2 Å². The minimum absolute atomic E-state index is 0.0438. The number of benzene rings is 2. The molecule has 1 saturated heterocycles. The fourth-order valence-corrected chi connectivity index (χ4v) is 4.68. The summed E-state index contributed by atoms with van der Waals surface area (Å²) in [6.45, 7) is 2.57. The molecule has 5 heteroatoms. The number of rotatable bonds is 6. The van der Waals surface area contributed by atoms with E-state index in [0.717, 1.165) is 35.3 Å². The van der Waals surface area contributed by atoms with E-state index in [2.05, 4.69) is 18.2 Å². The Kier molecular flexibility index (Phi) is 5.66. The third-order valence-corrected chi connectivity index (χ3v) is 6.56. The highest BCUT2D eigenvalue weighted by Crippen LogP contribution is 2.52. The van der Waals surface area contributed by atoms with Crippen LogP contribution in [0.25, 0.3) is 0 Å². The molecule has 0 spiro atoms. The number of hydrogen-bond donors (Lipinski definition) is 2. The van der Waals surface area contributed by atoms with Crippen LogP contribution in [-0.4, -0.2) is 35.1 Å². The van der Waals surface area contributed by atoms with Crippen molar-refractivity contribution in [2.45, 2.75) is 50.4 Å². The molecule has 4 rings (SSSR count). The molecule has 150 valence electrons. The second-order valence-corrected chi connectivity index (χ2v) is 8.29. The first-order valence-electron chi connectivity index (χ1n) is 10.0. The van der Waals surface area contributed by atoms with Crippen LogP contribution >= 0.6 is 11.6 Å². The quantitative estimate of drug-likeness (QED) is 0.756. The van der Waals surface area contributed by atoms with Crippen LogP contribution in [0.3, 0.4) is 0 Å². The zero-order valence-corrected chi connectivity index (χ0v) is 16.9. The Balaban J connectivity index is 1.53. The van der Waals surface area contributed by atoms with Crippen molar-refractivity contribution in [2.24, 2.45) is 5.92 Å². The molecule has 1 aliphatic carbocycles. The van der Waals surface area contributed by atoms with Crippen LogP contribution in [0, 0.1) is 5.92 Å². The highest BCUT2D eigenvalue weighted by molar-refractivity contribution is 6.31. The highest BCUT2D eigenvalue weighted by atomic mass is 35.5. The van der Waals surface area contributed by atoms with Crippen LogP contribution in [0.4, 0.5) is 0 Å². The number of hydrogen-bond acceptors (Lipinski definition) is 4. The zero-order chi connectivity index (χ0) is 19.7. The van der Waals surface area contributed by atoms with E-state index in [4.69, 9.17) is 21.1 Å². The lowest BCUT2D eigenvalue weighted by molar-refractivity contribution is -0.262. The SMILES string of the molecule is CCOc1ccc(Cc2cc(C3CC(O)C4CC[C@@]4(CO)O3)ccc2Cl)cc1. The third kappa shape index (κ3) is 3.67.